The number of benzene rings is 1. The number of nitrogens with one attached hydrogen (secondary N) is 2. The highest BCUT2D eigenvalue weighted by molar-refractivity contribution is 6.08. The Kier molecular flexibility index (Phi) is 4.88. The van der Waals surface area contributed by atoms with Crippen molar-refractivity contribution in [2.75, 3.05) is 6.61 Å². The first-order valence-electron chi connectivity index (χ1n) is 7.09. The number of allylic oxidation sites excluding steroid dienone is 2. The second-order valence-electron chi connectivity index (χ2n) is 4.98. The zero-order valence-electron chi connectivity index (χ0n) is 12.8. The molecule has 0 spiro atoms. The first-order chi connectivity index (χ1) is 10.6. The highest BCUT2D eigenvalue weighted by Crippen LogP contribution is 2.31. The number of hydrogen-bond donors (Lipinski definition) is 3. The molecular weight excluding hydrogens is 276 g/mol. The van der Waals surface area contributed by atoms with Gasteiger partial charge >= 0.3 is 0 Å². The molecular formula is C17H20N4O. The number of fused-ring (bicyclic) bond motifs is 1. The average molecular weight is 296 g/mol. The minimum Gasteiger partial charge on any atom is -0.493 e. The fraction of sp³-hybridized carbons (Fsp3) is 0.235. The predicted octanol–water partition coefficient (Wildman–Crippen LogP) is 3.26. The van der Waals surface area contributed by atoms with Crippen molar-refractivity contribution in [2.24, 2.45) is 10.7 Å². The van der Waals surface area contributed by atoms with E-state index in [2.05, 4.69) is 4.99 Å². The Morgan fingerprint density at radius 2 is 2.18 bits per heavy atom. The van der Waals surface area contributed by atoms with E-state index in [1.165, 1.54) is 6.21 Å². The van der Waals surface area contributed by atoms with Gasteiger partial charge in [-0.15, -0.1) is 0 Å². The third-order valence-electron chi connectivity index (χ3n) is 3.46. The number of ether oxygens (including phenoxy) is 1. The van der Waals surface area contributed by atoms with E-state index in [4.69, 9.17) is 21.3 Å². The molecule has 4 N–H and O–H groups in total. The lowest BCUT2D eigenvalue weighted by molar-refractivity contribution is 0.325. The Morgan fingerprint density at radius 1 is 1.41 bits per heavy atom. The maximum atomic E-state index is 7.44. The Balaban J connectivity index is 2.47. The van der Waals surface area contributed by atoms with Crippen molar-refractivity contribution >= 4 is 29.5 Å². The summed E-state index contributed by atoms with van der Waals surface area (Å²) < 4.78 is 5.80. The number of rotatable bonds is 3. The van der Waals surface area contributed by atoms with Crippen LogP contribution in [0.25, 0.3) is 11.3 Å². The fourth-order valence-electron chi connectivity index (χ4n) is 2.26. The zero-order chi connectivity index (χ0) is 16.1. The van der Waals surface area contributed by atoms with E-state index in [-0.39, 0.29) is 5.84 Å². The average Bonchev–Trinajstić information content (AvgIpc) is 2.66. The van der Waals surface area contributed by atoms with Crippen LogP contribution in [0.1, 0.15) is 31.4 Å². The summed E-state index contributed by atoms with van der Waals surface area (Å²) >= 11 is 0. The Hall–Kier alpha value is -2.69. The van der Waals surface area contributed by atoms with Crippen molar-refractivity contribution in [3.63, 3.8) is 0 Å². The van der Waals surface area contributed by atoms with Gasteiger partial charge in [-0.3, -0.25) is 5.41 Å². The highest BCUT2D eigenvalue weighted by Gasteiger charge is 2.16. The number of nitrogens with zero attached hydrogens (tertiary/aromatic N) is 1. The molecule has 0 saturated carbocycles. The van der Waals surface area contributed by atoms with E-state index in [1.807, 2.05) is 31.2 Å². The van der Waals surface area contributed by atoms with Crippen LogP contribution in [0.15, 0.2) is 34.8 Å². The van der Waals surface area contributed by atoms with Crippen molar-refractivity contribution in [3.8, 4) is 5.75 Å². The van der Waals surface area contributed by atoms with Gasteiger partial charge in [-0.25, -0.2) is 4.99 Å². The van der Waals surface area contributed by atoms with Crippen molar-refractivity contribution in [2.45, 2.75) is 20.3 Å². The molecule has 0 aliphatic carbocycles. The van der Waals surface area contributed by atoms with Crippen molar-refractivity contribution in [1.82, 2.24) is 0 Å². The van der Waals surface area contributed by atoms with Crippen molar-refractivity contribution < 1.29 is 4.74 Å². The second kappa shape index (κ2) is 6.85. The summed E-state index contributed by atoms with van der Waals surface area (Å²) in [7, 11) is 0. The smallest absolute Gasteiger partial charge is 0.129 e. The predicted molar refractivity (Wildman–Crippen MR) is 92.0 cm³/mol. The molecule has 0 amide bonds. The summed E-state index contributed by atoms with van der Waals surface area (Å²) in [5.41, 5.74) is 10.3. The maximum Gasteiger partial charge on any atom is 0.129 e. The molecule has 0 saturated heterocycles. The number of hydrogen-bond acceptors (Lipinski definition) is 4. The number of amidine groups is 1. The number of aliphatic imine (C=N–C) groups is 1. The Morgan fingerprint density at radius 3 is 2.82 bits per heavy atom. The highest BCUT2D eigenvalue weighted by atomic mass is 16.5. The normalized spacial score (nSPS) is 15.3. The first kappa shape index (κ1) is 15.7. The van der Waals surface area contributed by atoms with E-state index in [0.29, 0.717) is 24.5 Å². The van der Waals surface area contributed by atoms with Crippen LogP contribution in [0.2, 0.25) is 0 Å². The largest absolute Gasteiger partial charge is 0.493 e. The molecule has 5 nitrogen and oxygen atoms in total. The van der Waals surface area contributed by atoms with Gasteiger partial charge < -0.3 is 15.9 Å². The molecule has 0 radical (unpaired) electrons. The third kappa shape index (κ3) is 3.31. The molecule has 2 rings (SSSR count). The van der Waals surface area contributed by atoms with Crippen LogP contribution >= 0.6 is 0 Å². The maximum absolute atomic E-state index is 7.44. The minimum atomic E-state index is 0.241. The Bertz CT molecular complexity index is 699. The van der Waals surface area contributed by atoms with Crippen LogP contribution in [0, 0.1) is 10.8 Å². The van der Waals surface area contributed by atoms with Crippen molar-refractivity contribution in [1.29, 1.82) is 10.8 Å². The van der Waals surface area contributed by atoms with E-state index in [1.54, 1.807) is 13.1 Å². The molecule has 114 valence electrons. The number of nitrogens with two attached hydrogens (primary N) is 1. The summed E-state index contributed by atoms with van der Waals surface area (Å²) in [6.45, 7) is 4.03. The molecule has 22 heavy (non-hydrogen) atoms. The van der Waals surface area contributed by atoms with Gasteiger partial charge in [-0.1, -0.05) is 12.1 Å². The van der Waals surface area contributed by atoms with Crippen LogP contribution in [0.4, 0.5) is 0 Å². The Labute approximate surface area is 130 Å². The summed E-state index contributed by atoms with van der Waals surface area (Å²) in [5, 5.41) is 14.8. The van der Waals surface area contributed by atoms with E-state index >= 15 is 0 Å². The van der Waals surface area contributed by atoms with Crippen molar-refractivity contribution in [3.05, 3.63) is 41.0 Å². The van der Waals surface area contributed by atoms with Crippen LogP contribution < -0.4 is 10.5 Å². The molecule has 1 heterocycles. The molecule has 0 aromatic heterocycles. The molecule has 0 fully saturated rings. The minimum absolute atomic E-state index is 0.241. The summed E-state index contributed by atoms with van der Waals surface area (Å²) in [6, 6.07) is 5.74. The lowest BCUT2D eigenvalue weighted by Gasteiger charge is -2.11. The fourth-order valence-corrected chi connectivity index (χ4v) is 2.26. The van der Waals surface area contributed by atoms with Gasteiger partial charge in [0.15, 0.2) is 0 Å². The van der Waals surface area contributed by atoms with E-state index in [0.717, 1.165) is 22.3 Å². The summed E-state index contributed by atoms with van der Waals surface area (Å²) in [6.07, 6.45) is 5.49. The first-order valence-corrected chi connectivity index (χ1v) is 7.09. The van der Waals surface area contributed by atoms with Crippen LogP contribution in [0.3, 0.4) is 0 Å². The SMILES string of the molecule is C/C=C(\C=N)c1ccc2c(c1)OCCC(C=NC(C)=N)=C2N. The standard InChI is InChI=1S/C17H20N4O/c1-3-12(9-18)13-4-5-15-16(8-13)22-7-6-14(17(15)20)10-21-11(2)19/h3-5,8-10,18-19H,6-7,20H2,1-2H3/b12-3+,18-9?,19-11?,21-10?. The van der Waals surface area contributed by atoms with Crippen LogP contribution in [0.5, 0.6) is 5.75 Å². The van der Waals surface area contributed by atoms with Crippen LogP contribution in [-0.4, -0.2) is 24.9 Å². The quantitative estimate of drug-likeness (QED) is 0.589. The summed E-state index contributed by atoms with van der Waals surface area (Å²) in [5.74, 6) is 0.955. The lowest BCUT2D eigenvalue weighted by Crippen LogP contribution is -2.03. The van der Waals surface area contributed by atoms with E-state index < -0.39 is 0 Å². The third-order valence-corrected chi connectivity index (χ3v) is 3.46. The van der Waals surface area contributed by atoms with Crippen LogP contribution in [-0.2, 0) is 0 Å². The zero-order valence-corrected chi connectivity index (χ0v) is 12.8. The second-order valence-corrected chi connectivity index (χ2v) is 4.98. The van der Waals surface area contributed by atoms with Gasteiger partial charge in [-0.2, -0.15) is 0 Å². The lowest BCUT2D eigenvalue weighted by atomic mass is 10.0. The van der Waals surface area contributed by atoms with Gasteiger partial charge in [0, 0.05) is 30.1 Å². The molecule has 1 aromatic rings. The molecule has 0 atom stereocenters. The molecule has 0 bridgehead atoms. The molecule has 5 heteroatoms. The van der Waals surface area contributed by atoms with E-state index in [9.17, 15) is 0 Å². The van der Waals surface area contributed by atoms with Gasteiger partial charge in [0.05, 0.1) is 6.61 Å². The van der Waals surface area contributed by atoms with Gasteiger partial charge in [-0.05, 0) is 42.7 Å². The summed E-state index contributed by atoms with van der Waals surface area (Å²) in [4.78, 5) is 4.01. The van der Waals surface area contributed by atoms with Gasteiger partial charge in [0.25, 0.3) is 0 Å². The van der Waals surface area contributed by atoms with Gasteiger partial charge in [0.2, 0.25) is 0 Å². The van der Waals surface area contributed by atoms with Gasteiger partial charge in [0.1, 0.15) is 11.6 Å². The molecule has 1 aromatic carbocycles. The molecule has 0 unspecified atom stereocenters. The topological polar surface area (TPSA) is 95.3 Å². The monoisotopic (exact) mass is 296 g/mol. The molecule has 1 aliphatic heterocycles. The molecule has 1 aliphatic rings.